The van der Waals surface area contributed by atoms with Crippen LogP contribution in [0.4, 0.5) is 23.4 Å². The highest BCUT2D eigenvalue weighted by Crippen LogP contribution is 2.36. The Hall–Kier alpha value is -2.18. The molecule has 21 heavy (non-hydrogen) atoms. The summed E-state index contributed by atoms with van der Waals surface area (Å²) in [5.74, 6) is -0.952. The first-order valence-electron chi connectivity index (χ1n) is 6.32. The smallest absolute Gasteiger partial charge is 0.384 e. The molecule has 3 nitrogen and oxygen atoms in total. The number of nitrogens with zero attached hydrogens (tertiary/aromatic N) is 2. The summed E-state index contributed by atoms with van der Waals surface area (Å²) < 4.78 is 52.3. The summed E-state index contributed by atoms with van der Waals surface area (Å²) in [5.41, 5.74) is 4.72. The van der Waals surface area contributed by atoms with Gasteiger partial charge in [0.05, 0.1) is 5.56 Å². The lowest BCUT2D eigenvalue weighted by Crippen LogP contribution is -2.10. The van der Waals surface area contributed by atoms with Gasteiger partial charge in [0.2, 0.25) is 0 Å². The number of alkyl halides is 3. The molecule has 0 aliphatic carbocycles. The molecular weight excluding hydrogens is 286 g/mol. The van der Waals surface area contributed by atoms with Crippen molar-refractivity contribution in [2.75, 3.05) is 5.73 Å². The van der Waals surface area contributed by atoms with Crippen molar-refractivity contribution in [1.29, 1.82) is 0 Å². The molecule has 0 radical (unpaired) electrons. The summed E-state index contributed by atoms with van der Waals surface area (Å²) in [5, 5.41) is 0. The molecule has 1 aromatic carbocycles. The number of anilines is 1. The van der Waals surface area contributed by atoms with Crippen LogP contribution in [0.2, 0.25) is 0 Å². The van der Waals surface area contributed by atoms with Gasteiger partial charge >= 0.3 is 6.18 Å². The maximum absolute atomic E-state index is 13.3. The predicted molar refractivity (Wildman–Crippen MR) is 70.8 cm³/mol. The van der Waals surface area contributed by atoms with E-state index in [2.05, 4.69) is 9.97 Å². The molecule has 0 atom stereocenters. The Labute approximate surface area is 118 Å². The van der Waals surface area contributed by atoms with Gasteiger partial charge in [0, 0.05) is 17.3 Å². The molecular formula is C14H13F4N3. The second-order valence-electron chi connectivity index (χ2n) is 4.55. The molecule has 0 fully saturated rings. The van der Waals surface area contributed by atoms with E-state index in [-0.39, 0.29) is 11.6 Å². The molecule has 112 valence electrons. The zero-order valence-electron chi connectivity index (χ0n) is 11.2. The van der Waals surface area contributed by atoms with Crippen LogP contribution in [-0.4, -0.2) is 9.97 Å². The molecule has 2 aromatic rings. The highest BCUT2D eigenvalue weighted by Gasteiger charge is 2.34. The molecule has 0 saturated carbocycles. The van der Waals surface area contributed by atoms with Crippen LogP contribution in [0.5, 0.6) is 0 Å². The van der Waals surface area contributed by atoms with Gasteiger partial charge in [0.25, 0.3) is 0 Å². The van der Waals surface area contributed by atoms with Gasteiger partial charge in [-0.1, -0.05) is 13.3 Å². The Kier molecular flexibility index (Phi) is 4.11. The van der Waals surface area contributed by atoms with Gasteiger partial charge in [-0.3, -0.25) is 0 Å². The van der Waals surface area contributed by atoms with Crippen LogP contribution in [-0.2, 0) is 12.6 Å². The SMILES string of the molecule is CCCc1cc(N)nc(-c2cc(F)ccc2C(F)(F)F)n1. The summed E-state index contributed by atoms with van der Waals surface area (Å²) in [6, 6.07) is 3.70. The highest BCUT2D eigenvalue weighted by atomic mass is 19.4. The summed E-state index contributed by atoms with van der Waals surface area (Å²) in [6.07, 6.45) is -3.32. The molecule has 2 rings (SSSR count). The third-order valence-electron chi connectivity index (χ3n) is 2.83. The Morgan fingerprint density at radius 1 is 1.14 bits per heavy atom. The fraction of sp³-hybridized carbons (Fsp3) is 0.286. The molecule has 0 spiro atoms. The van der Waals surface area contributed by atoms with Gasteiger partial charge in [-0.05, 0) is 24.6 Å². The molecule has 2 N–H and O–H groups in total. The van der Waals surface area contributed by atoms with E-state index in [0.717, 1.165) is 18.6 Å². The zero-order valence-corrected chi connectivity index (χ0v) is 11.2. The quantitative estimate of drug-likeness (QED) is 0.876. The first-order valence-corrected chi connectivity index (χ1v) is 6.32. The molecule has 7 heteroatoms. The third kappa shape index (κ3) is 3.48. The lowest BCUT2D eigenvalue weighted by atomic mass is 10.1. The van der Waals surface area contributed by atoms with E-state index in [0.29, 0.717) is 18.2 Å². The number of halogens is 4. The maximum Gasteiger partial charge on any atom is 0.417 e. The molecule has 0 aliphatic heterocycles. The number of hydrogen-bond donors (Lipinski definition) is 1. The van der Waals surface area contributed by atoms with Crippen molar-refractivity contribution in [3.05, 3.63) is 41.3 Å². The number of nitrogen functional groups attached to an aromatic ring is 1. The van der Waals surface area contributed by atoms with E-state index in [1.807, 2.05) is 6.92 Å². The third-order valence-corrected chi connectivity index (χ3v) is 2.83. The van der Waals surface area contributed by atoms with Crippen LogP contribution >= 0.6 is 0 Å². The van der Waals surface area contributed by atoms with Gasteiger partial charge in [0.1, 0.15) is 11.6 Å². The predicted octanol–water partition coefficient (Wildman–Crippen LogP) is 3.84. The maximum atomic E-state index is 13.3. The van der Waals surface area contributed by atoms with Crippen molar-refractivity contribution in [2.24, 2.45) is 0 Å². The molecule has 1 aromatic heterocycles. The van der Waals surface area contributed by atoms with Gasteiger partial charge < -0.3 is 5.73 Å². The van der Waals surface area contributed by atoms with Crippen molar-refractivity contribution in [3.8, 4) is 11.4 Å². The summed E-state index contributed by atoms with van der Waals surface area (Å²) in [7, 11) is 0. The molecule has 0 unspecified atom stereocenters. The van der Waals surface area contributed by atoms with E-state index in [9.17, 15) is 17.6 Å². The minimum Gasteiger partial charge on any atom is -0.384 e. The highest BCUT2D eigenvalue weighted by molar-refractivity contribution is 5.62. The average Bonchev–Trinajstić information content (AvgIpc) is 2.36. The average molecular weight is 299 g/mol. The molecule has 1 heterocycles. The van der Waals surface area contributed by atoms with Crippen molar-refractivity contribution in [3.63, 3.8) is 0 Å². The van der Waals surface area contributed by atoms with E-state index >= 15 is 0 Å². The normalized spacial score (nSPS) is 11.7. The second-order valence-corrected chi connectivity index (χ2v) is 4.55. The monoisotopic (exact) mass is 299 g/mol. The number of nitrogens with two attached hydrogens (primary N) is 1. The Balaban J connectivity index is 2.63. The largest absolute Gasteiger partial charge is 0.417 e. The Morgan fingerprint density at radius 2 is 1.86 bits per heavy atom. The number of hydrogen-bond acceptors (Lipinski definition) is 3. The zero-order chi connectivity index (χ0) is 15.6. The molecule has 0 saturated heterocycles. The van der Waals surface area contributed by atoms with Crippen LogP contribution in [0.3, 0.4) is 0 Å². The van der Waals surface area contributed by atoms with Crippen LogP contribution in [0, 0.1) is 5.82 Å². The van der Waals surface area contributed by atoms with E-state index in [1.165, 1.54) is 6.07 Å². The number of aromatic nitrogens is 2. The molecule has 0 aliphatic rings. The topological polar surface area (TPSA) is 51.8 Å². The van der Waals surface area contributed by atoms with Crippen molar-refractivity contribution in [1.82, 2.24) is 9.97 Å². The summed E-state index contributed by atoms with van der Waals surface area (Å²) in [6.45, 7) is 1.90. The van der Waals surface area contributed by atoms with Crippen molar-refractivity contribution < 1.29 is 17.6 Å². The molecule has 0 bridgehead atoms. The van der Waals surface area contributed by atoms with Crippen LogP contribution in [0.25, 0.3) is 11.4 Å². The number of benzene rings is 1. The lowest BCUT2D eigenvalue weighted by Gasteiger charge is -2.13. The first-order chi connectivity index (χ1) is 9.81. The number of rotatable bonds is 3. The first kappa shape index (κ1) is 15.2. The summed E-state index contributed by atoms with van der Waals surface area (Å²) >= 11 is 0. The van der Waals surface area contributed by atoms with Gasteiger partial charge in [0.15, 0.2) is 5.82 Å². The van der Waals surface area contributed by atoms with Gasteiger partial charge in [-0.2, -0.15) is 13.2 Å². The van der Waals surface area contributed by atoms with Gasteiger partial charge in [-0.15, -0.1) is 0 Å². The fourth-order valence-corrected chi connectivity index (χ4v) is 1.97. The van der Waals surface area contributed by atoms with Gasteiger partial charge in [-0.25, -0.2) is 14.4 Å². The lowest BCUT2D eigenvalue weighted by molar-refractivity contribution is -0.137. The van der Waals surface area contributed by atoms with E-state index in [4.69, 9.17) is 5.73 Å². The minimum atomic E-state index is -4.62. The van der Waals surface area contributed by atoms with Crippen molar-refractivity contribution >= 4 is 5.82 Å². The van der Waals surface area contributed by atoms with Crippen LogP contribution in [0.1, 0.15) is 24.6 Å². The number of aryl methyl sites for hydroxylation is 1. The minimum absolute atomic E-state index is 0.0563. The Morgan fingerprint density at radius 3 is 2.48 bits per heavy atom. The fourth-order valence-electron chi connectivity index (χ4n) is 1.97. The van der Waals surface area contributed by atoms with E-state index < -0.39 is 23.1 Å². The molecule has 0 amide bonds. The second kappa shape index (κ2) is 5.67. The van der Waals surface area contributed by atoms with E-state index in [1.54, 1.807) is 0 Å². The summed E-state index contributed by atoms with van der Waals surface area (Å²) in [4.78, 5) is 7.85. The standard InChI is InChI=1S/C14H13F4N3/c1-2-3-9-7-12(19)21-13(20-9)10-6-8(15)4-5-11(10)14(16,17)18/h4-7H,2-3H2,1H3,(H2,19,20,21). The van der Waals surface area contributed by atoms with Crippen LogP contribution < -0.4 is 5.73 Å². The van der Waals surface area contributed by atoms with Crippen molar-refractivity contribution in [2.45, 2.75) is 25.9 Å². The van der Waals surface area contributed by atoms with Crippen LogP contribution in [0.15, 0.2) is 24.3 Å². The Bertz CT molecular complexity index is 653.